The molecule has 1 atom stereocenters. The van der Waals surface area contributed by atoms with E-state index in [2.05, 4.69) is 235 Å². The molecule has 0 spiro atoms. The second-order valence-electron chi connectivity index (χ2n) is 25.3. The number of aliphatic hydroxyl groups excluding tert-OH is 3. The average Bonchev–Trinajstić information content (AvgIpc) is 0.827. The van der Waals surface area contributed by atoms with Gasteiger partial charge in [-0.3, -0.25) is 0 Å². The molecule has 0 radical (unpaired) electrons. The zero-order valence-electron chi connectivity index (χ0n) is 61.5. The number of hydrogen-bond donors (Lipinski definition) is 4. The number of nitrogens with zero attached hydrogens (tertiary/aromatic N) is 7. The molecule has 12 rings (SSSR count). The molecular weight excluding hydrogens is 1270 g/mol. The Morgan fingerprint density at radius 3 is 0.775 bits per heavy atom. The first-order valence-electron chi connectivity index (χ1n) is 36.0. The zero-order valence-corrected chi connectivity index (χ0v) is 61.5. The number of aliphatic hydroxyl groups is 3. The molecule has 4 N–H and O–H groups in total. The first kappa shape index (κ1) is 75.9. The summed E-state index contributed by atoms with van der Waals surface area (Å²) in [6.45, 7) is 19.5. The van der Waals surface area contributed by atoms with Crippen LogP contribution in [0.3, 0.4) is 0 Å². The Hall–Kier alpha value is -10.3. The Morgan fingerprint density at radius 1 is 0.304 bits per heavy atom. The summed E-state index contributed by atoms with van der Waals surface area (Å²) < 4.78 is 23.5. The van der Waals surface area contributed by atoms with Crippen molar-refractivity contribution >= 4 is 66.4 Å². The number of pyridine rings is 4. The van der Waals surface area contributed by atoms with Gasteiger partial charge in [-0.05, 0) is 174 Å². The van der Waals surface area contributed by atoms with E-state index in [1.54, 1.807) is 0 Å². The molecular formula is C87H102N8O7. The summed E-state index contributed by atoms with van der Waals surface area (Å²) in [7, 11) is 8.17. The normalized spacial score (nSPS) is 11.4. The monoisotopic (exact) mass is 1370 g/mol. The molecule has 4 aromatic heterocycles. The quantitative estimate of drug-likeness (QED) is 0.0383. The molecule has 0 fully saturated rings. The molecule has 15 nitrogen and oxygen atoms in total. The standard InChI is InChI=1S/C23H28N2O.C22H26N2O2.C21H24N2O3.C21H24N2O/c1-5-20(6-2)26-21-14-10-18-11-15-22(24-23(18)16-21)17-8-12-19(13-9-17)25(4)7-3;1-4-19(15-25)26-20-12-8-17-9-13-21(23-22(17)14-20)16-6-10-18(11-7-16)24(3)5-2;1-3-23(2)17-8-4-15(5-9-17)20-11-7-16-6-10-18(12-21(16)22-20)26-19(13-24)14-25;1-4-18(5-2)24-19-12-8-16-9-13-20(23-21(16)14-19)15-6-10-17(22-3)11-7-15/h8-16,20H,5-7H2,1-4H3;6-14,19,25H,4-5,15H2,1-3H3;4-12,19,24-25H,3,13-14H2,1-2H3;6-14,18,22H,4-5H2,1-3H3. The van der Waals surface area contributed by atoms with Crippen LogP contribution in [0, 0.1) is 0 Å². The van der Waals surface area contributed by atoms with E-state index in [-0.39, 0.29) is 38.1 Å². The van der Waals surface area contributed by atoms with E-state index in [4.69, 9.17) is 49.1 Å². The van der Waals surface area contributed by atoms with Gasteiger partial charge in [0, 0.05) is 139 Å². The first-order valence-corrected chi connectivity index (χ1v) is 36.0. The first-order chi connectivity index (χ1) is 49.6. The Kier molecular flexibility index (Phi) is 28.2. The van der Waals surface area contributed by atoms with Gasteiger partial charge in [0.2, 0.25) is 0 Å². The van der Waals surface area contributed by atoms with Crippen LogP contribution in [0.15, 0.2) is 218 Å². The van der Waals surface area contributed by atoms with E-state index in [0.717, 1.165) is 163 Å². The smallest absolute Gasteiger partial charge is 0.145 e. The molecule has 0 bridgehead atoms. The topological polar surface area (TPSA) is 171 Å². The number of hydrogen-bond acceptors (Lipinski definition) is 15. The van der Waals surface area contributed by atoms with Crippen LogP contribution in [0.4, 0.5) is 22.7 Å². The van der Waals surface area contributed by atoms with Gasteiger partial charge in [-0.15, -0.1) is 0 Å². The van der Waals surface area contributed by atoms with E-state index in [9.17, 15) is 5.11 Å². The number of ether oxygens (including phenoxy) is 4. The van der Waals surface area contributed by atoms with Crippen molar-refractivity contribution in [2.45, 2.75) is 112 Å². The van der Waals surface area contributed by atoms with E-state index in [0.29, 0.717) is 5.75 Å². The van der Waals surface area contributed by atoms with Crippen LogP contribution in [-0.4, -0.2) is 127 Å². The molecule has 532 valence electrons. The van der Waals surface area contributed by atoms with Crippen molar-refractivity contribution in [3.63, 3.8) is 0 Å². The fourth-order valence-corrected chi connectivity index (χ4v) is 11.4. The van der Waals surface area contributed by atoms with Crippen LogP contribution in [-0.2, 0) is 0 Å². The van der Waals surface area contributed by atoms with Crippen molar-refractivity contribution in [3.05, 3.63) is 218 Å². The van der Waals surface area contributed by atoms with E-state index in [1.807, 2.05) is 86.8 Å². The van der Waals surface area contributed by atoms with E-state index >= 15 is 0 Å². The van der Waals surface area contributed by atoms with Gasteiger partial charge >= 0.3 is 0 Å². The maximum absolute atomic E-state index is 9.33. The molecule has 0 aliphatic carbocycles. The molecule has 8 aromatic carbocycles. The third-order valence-electron chi connectivity index (χ3n) is 18.5. The highest BCUT2D eigenvalue weighted by Crippen LogP contribution is 2.32. The summed E-state index contributed by atoms with van der Waals surface area (Å²) >= 11 is 0. The highest BCUT2D eigenvalue weighted by Gasteiger charge is 2.14. The zero-order chi connectivity index (χ0) is 72.5. The minimum absolute atomic E-state index is 0.0144. The third-order valence-corrected chi connectivity index (χ3v) is 18.5. The SMILES string of the molecule is CCC(CC)Oc1ccc2ccc(-c3ccc(N(C)CC)cc3)nc2c1.CCC(CC)Oc1ccc2ccc(-c3ccc(NC)cc3)nc2c1.CCC(CO)Oc1ccc2ccc(-c3ccc(N(C)CC)cc3)nc2c1.CCN(C)c1ccc(-c2ccc3ccc(OC(CO)CO)cc3n2)cc1. The van der Waals surface area contributed by atoms with Crippen LogP contribution in [0.25, 0.3) is 88.6 Å². The largest absolute Gasteiger partial charge is 0.490 e. The van der Waals surface area contributed by atoms with Gasteiger partial charge in [-0.25, -0.2) is 19.9 Å². The molecule has 15 heteroatoms. The van der Waals surface area contributed by atoms with Gasteiger partial charge in [0.05, 0.1) is 76.9 Å². The Morgan fingerprint density at radius 2 is 0.539 bits per heavy atom. The van der Waals surface area contributed by atoms with Gasteiger partial charge in [-0.1, -0.05) is 107 Å². The summed E-state index contributed by atoms with van der Waals surface area (Å²) in [5.74, 6) is 3.11. The van der Waals surface area contributed by atoms with Gasteiger partial charge in [0.15, 0.2) is 0 Å². The van der Waals surface area contributed by atoms with Crippen molar-refractivity contribution in [3.8, 4) is 68.0 Å². The summed E-state index contributed by atoms with van der Waals surface area (Å²) in [4.78, 5) is 25.8. The minimum atomic E-state index is -0.626. The number of nitrogens with one attached hydrogen (secondary N) is 1. The van der Waals surface area contributed by atoms with Gasteiger partial charge < -0.3 is 54.3 Å². The van der Waals surface area contributed by atoms with E-state index < -0.39 is 6.10 Å². The number of fused-ring (bicyclic) bond motifs is 4. The van der Waals surface area contributed by atoms with Crippen molar-refractivity contribution < 1.29 is 34.3 Å². The Bertz CT molecular complexity index is 4190. The summed E-state index contributed by atoms with van der Waals surface area (Å²) in [6, 6.07) is 74.0. The lowest BCUT2D eigenvalue weighted by Gasteiger charge is -2.17. The van der Waals surface area contributed by atoms with Gasteiger partial charge in [0.25, 0.3) is 0 Å². The number of rotatable bonds is 27. The van der Waals surface area contributed by atoms with Crippen molar-refractivity contribution in [1.29, 1.82) is 0 Å². The van der Waals surface area contributed by atoms with Gasteiger partial charge in [0.1, 0.15) is 35.2 Å². The molecule has 0 aliphatic heterocycles. The van der Waals surface area contributed by atoms with E-state index in [1.165, 1.54) is 17.1 Å². The second-order valence-corrected chi connectivity index (χ2v) is 25.3. The molecule has 102 heavy (non-hydrogen) atoms. The molecule has 0 amide bonds. The van der Waals surface area contributed by atoms with Crippen molar-refractivity contribution in [2.24, 2.45) is 0 Å². The van der Waals surface area contributed by atoms with Crippen LogP contribution in [0.2, 0.25) is 0 Å². The Labute approximate surface area is 603 Å². The van der Waals surface area contributed by atoms with Gasteiger partial charge in [-0.2, -0.15) is 0 Å². The van der Waals surface area contributed by atoms with Crippen LogP contribution >= 0.6 is 0 Å². The lowest BCUT2D eigenvalue weighted by Crippen LogP contribution is -2.25. The number of benzene rings is 8. The predicted molar refractivity (Wildman–Crippen MR) is 425 cm³/mol. The van der Waals surface area contributed by atoms with Crippen LogP contribution in [0.1, 0.15) is 87.5 Å². The minimum Gasteiger partial charge on any atom is -0.490 e. The van der Waals surface area contributed by atoms with Crippen LogP contribution < -0.4 is 39.0 Å². The maximum atomic E-state index is 9.33. The van der Waals surface area contributed by atoms with Crippen LogP contribution in [0.5, 0.6) is 23.0 Å². The summed E-state index contributed by atoms with van der Waals surface area (Å²) in [6.07, 6.45) is 4.54. The lowest BCUT2D eigenvalue weighted by molar-refractivity contribution is 0.0630. The molecule has 0 aliphatic rings. The Balaban J connectivity index is 0.000000158. The average molecular weight is 1370 g/mol. The highest BCUT2D eigenvalue weighted by atomic mass is 16.5. The fourth-order valence-electron chi connectivity index (χ4n) is 11.4. The number of aromatic nitrogens is 4. The van der Waals surface area contributed by atoms with Crippen molar-refractivity contribution in [2.75, 3.05) is 87.7 Å². The van der Waals surface area contributed by atoms with Crippen molar-refractivity contribution in [1.82, 2.24) is 19.9 Å². The fraction of sp³-hybridized carbons (Fsp3) is 0.310. The predicted octanol–water partition coefficient (Wildman–Crippen LogP) is 19.0. The molecule has 0 saturated heterocycles. The molecule has 0 saturated carbocycles. The summed E-state index contributed by atoms with van der Waals surface area (Å²) in [5.41, 5.74) is 16.5. The maximum Gasteiger partial charge on any atom is 0.145 e. The highest BCUT2D eigenvalue weighted by molar-refractivity contribution is 5.86. The summed E-state index contributed by atoms with van der Waals surface area (Å²) in [5, 5.41) is 35.1. The molecule has 1 unspecified atom stereocenters. The molecule has 4 heterocycles. The second kappa shape index (κ2) is 37.9. The molecule has 12 aromatic rings. The third kappa shape index (κ3) is 20.5. The number of anilines is 4. The lowest BCUT2D eigenvalue weighted by atomic mass is 10.1.